The van der Waals surface area contributed by atoms with Crippen molar-refractivity contribution >= 4 is 5.91 Å². The molecule has 3 aromatic rings. The zero-order valence-corrected chi connectivity index (χ0v) is 13.8. The molecule has 0 radical (unpaired) electrons. The molecule has 0 atom stereocenters. The molecule has 0 N–H and O–H groups in total. The summed E-state index contributed by atoms with van der Waals surface area (Å²) in [6.45, 7) is 2.83. The van der Waals surface area contributed by atoms with E-state index in [1.54, 1.807) is 9.58 Å². The molecule has 1 aliphatic heterocycles. The maximum Gasteiger partial charge on any atom is 0.278 e. The molecule has 0 saturated carbocycles. The summed E-state index contributed by atoms with van der Waals surface area (Å²) in [4.78, 5) is 14.7. The number of hydrogen-bond donors (Lipinski definition) is 0. The van der Waals surface area contributed by atoms with Crippen LogP contribution in [-0.4, -0.2) is 56.7 Å². The molecular formula is C18H19N5O2. The zero-order chi connectivity index (χ0) is 17.1. The normalized spacial score (nSPS) is 14.6. The summed E-state index contributed by atoms with van der Waals surface area (Å²) in [7, 11) is 0. The van der Waals surface area contributed by atoms with Crippen molar-refractivity contribution in [2.45, 2.75) is 6.54 Å². The summed E-state index contributed by atoms with van der Waals surface area (Å²) < 4.78 is 8.98. The van der Waals surface area contributed by atoms with Crippen molar-refractivity contribution in [2.24, 2.45) is 0 Å². The lowest BCUT2D eigenvalue weighted by Gasteiger charge is -2.26. The van der Waals surface area contributed by atoms with Gasteiger partial charge in [-0.2, -0.15) is 0 Å². The van der Waals surface area contributed by atoms with Gasteiger partial charge in [-0.15, -0.1) is 5.10 Å². The van der Waals surface area contributed by atoms with E-state index in [1.807, 2.05) is 59.4 Å². The van der Waals surface area contributed by atoms with Crippen LogP contribution in [0.1, 0.15) is 16.1 Å². The number of carbonyl (C=O) groups is 1. The highest BCUT2D eigenvalue weighted by atomic mass is 16.5. The van der Waals surface area contributed by atoms with Crippen LogP contribution in [0.2, 0.25) is 0 Å². The van der Waals surface area contributed by atoms with Crippen molar-refractivity contribution in [1.29, 1.82) is 0 Å². The fourth-order valence-corrected chi connectivity index (χ4v) is 2.96. The highest BCUT2D eigenvalue weighted by molar-refractivity contribution is 5.95. The number of rotatable bonds is 4. The largest absolute Gasteiger partial charge is 0.378 e. The van der Waals surface area contributed by atoms with Crippen LogP contribution in [0.15, 0.2) is 54.9 Å². The summed E-state index contributed by atoms with van der Waals surface area (Å²) >= 11 is 0. The van der Waals surface area contributed by atoms with Gasteiger partial charge in [0, 0.05) is 25.5 Å². The molecule has 0 unspecified atom stereocenters. The topological polar surface area (TPSA) is 65.2 Å². The molecule has 25 heavy (non-hydrogen) atoms. The monoisotopic (exact) mass is 337 g/mol. The summed E-state index contributed by atoms with van der Waals surface area (Å²) in [5, 5.41) is 8.45. The second-order valence-electron chi connectivity index (χ2n) is 5.90. The molecule has 0 spiro atoms. The lowest BCUT2D eigenvalue weighted by molar-refractivity contribution is 0.0299. The van der Waals surface area contributed by atoms with E-state index in [-0.39, 0.29) is 5.91 Å². The second kappa shape index (κ2) is 6.90. The fourth-order valence-electron chi connectivity index (χ4n) is 2.96. The Morgan fingerprint density at radius 2 is 1.76 bits per heavy atom. The molecule has 1 saturated heterocycles. The van der Waals surface area contributed by atoms with Crippen LogP contribution >= 0.6 is 0 Å². The Bertz CT molecular complexity index is 836. The molecule has 2 aromatic heterocycles. The van der Waals surface area contributed by atoms with Gasteiger partial charge in [0.2, 0.25) is 0 Å². The highest BCUT2D eigenvalue weighted by Gasteiger charge is 2.26. The van der Waals surface area contributed by atoms with Crippen molar-refractivity contribution < 1.29 is 9.53 Å². The number of benzene rings is 1. The van der Waals surface area contributed by atoms with E-state index in [1.165, 1.54) is 0 Å². The Morgan fingerprint density at radius 3 is 2.48 bits per heavy atom. The van der Waals surface area contributed by atoms with Gasteiger partial charge in [0.25, 0.3) is 5.91 Å². The third-order valence-electron chi connectivity index (χ3n) is 4.23. The van der Waals surface area contributed by atoms with Crippen molar-refractivity contribution in [3.63, 3.8) is 0 Å². The molecule has 0 aliphatic carbocycles. The Labute approximate surface area is 145 Å². The van der Waals surface area contributed by atoms with E-state index in [0.717, 1.165) is 5.56 Å². The van der Waals surface area contributed by atoms with Gasteiger partial charge in [-0.25, -0.2) is 4.68 Å². The Hall–Kier alpha value is -2.93. The number of carbonyl (C=O) groups excluding carboxylic acids is 1. The van der Waals surface area contributed by atoms with E-state index in [4.69, 9.17) is 4.74 Å². The van der Waals surface area contributed by atoms with E-state index in [9.17, 15) is 4.79 Å². The van der Waals surface area contributed by atoms with Crippen molar-refractivity contribution in [2.75, 3.05) is 26.3 Å². The van der Waals surface area contributed by atoms with Gasteiger partial charge >= 0.3 is 0 Å². The molecule has 128 valence electrons. The van der Waals surface area contributed by atoms with Gasteiger partial charge in [0.15, 0.2) is 11.5 Å². The minimum atomic E-state index is -0.105. The predicted octanol–water partition coefficient (Wildman–Crippen LogP) is 1.59. The molecule has 1 aromatic carbocycles. The Morgan fingerprint density at radius 1 is 1.04 bits per heavy atom. The van der Waals surface area contributed by atoms with E-state index < -0.39 is 0 Å². The SMILES string of the molecule is O=C(c1nnn(Cc2ccccc2)c1-n1cccc1)N1CCOCC1. The van der Waals surface area contributed by atoms with Gasteiger partial charge in [-0.1, -0.05) is 35.5 Å². The third kappa shape index (κ3) is 3.18. The molecule has 1 amide bonds. The molecule has 3 heterocycles. The van der Waals surface area contributed by atoms with Crippen molar-refractivity contribution in [3.05, 3.63) is 66.1 Å². The summed E-state index contributed by atoms with van der Waals surface area (Å²) in [6.07, 6.45) is 3.80. The summed E-state index contributed by atoms with van der Waals surface area (Å²) in [5.74, 6) is 0.580. The van der Waals surface area contributed by atoms with Crippen LogP contribution in [0.3, 0.4) is 0 Å². The van der Waals surface area contributed by atoms with Gasteiger partial charge in [-0.05, 0) is 17.7 Å². The fraction of sp³-hybridized carbons (Fsp3) is 0.278. The second-order valence-corrected chi connectivity index (χ2v) is 5.90. The summed E-state index contributed by atoms with van der Waals surface area (Å²) in [5.41, 5.74) is 1.47. The van der Waals surface area contributed by atoms with Crippen LogP contribution in [0.25, 0.3) is 5.82 Å². The number of aromatic nitrogens is 4. The molecule has 1 fully saturated rings. The van der Waals surface area contributed by atoms with E-state index in [0.29, 0.717) is 44.4 Å². The minimum absolute atomic E-state index is 0.105. The van der Waals surface area contributed by atoms with Crippen molar-refractivity contribution in [1.82, 2.24) is 24.5 Å². The minimum Gasteiger partial charge on any atom is -0.378 e. The van der Waals surface area contributed by atoms with Gasteiger partial charge in [0.1, 0.15) is 0 Å². The predicted molar refractivity (Wildman–Crippen MR) is 91.6 cm³/mol. The number of morpholine rings is 1. The lowest BCUT2D eigenvalue weighted by Crippen LogP contribution is -2.41. The van der Waals surface area contributed by atoms with Crippen LogP contribution in [-0.2, 0) is 11.3 Å². The molecule has 1 aliphatic rings. The Balaban J connectivity index is 1.71. The molecule has 7 nitrogen and oxygen atoms in total. The number of ether oxygens (including phenoxy) is 1. The molecule has 4 rings (SSSR count). The zero-order valence-electron chi connectivity index (χ0n) is 13.8. The molecule has 7 heteroatoms. The van der Waals surface area contributed by atoms with Crippen molar-refractivity contribution in [3.8, 4) is 5.82 Å². The van der Waals surface area contributed by atoms with Crippen LogP contribution in [0.4, 0.5) is 0 Å². The first-order valence-electron chi connectivity index (χ1n) is 8.31. The number of hydrogen-bond acceptors (Lipinski definition) is 4. The van der Waals surface area contributed by atoms with Gasteiger partial charge in [0.05, 0.1) is 19.8 Å². The maximum atomic E-state index is 12.9. The molecule has 0 bridgehead atoms. The van der Waals surface area contributed by atoms with Gasteiger partial charge in [-0.3, -0.25) is 4.79 Å². The lowest BCUT2D eigenvalue weighted by atomic mass is 10.2. The Kier molecular flexibility index (Phi) is 4.30. The first-order valence-corrected chi connectivity index (χ1v) is 8.31. The van der Waals surface area contributed by atoms with E-state index in [2.05, 4.69) is 10.3 Å². The van der Waals surface area contributed by atoms with Crippen LogP contribution in [0.5, 0.6) is 0 Å². The smallest absolute Gasteiger partial charge is 0.278 e. The van der Waals surface area contributed by atoms with E-state index >= 15 is 0 Å². The quantitative estimate of drug-likeness (QED) is 0.725. The average Bonchev–Trinajstić information content (AvgIpc) is 3.32. The first kappa shape index (κ1) is 15.6. The van der Waals surface area contributed by atoms with Crippen LogP contribution < -0.4 is 0 Å². The average molecular weight is 337 g/mol. The first-order chi connectivity index (χ1) is 12.3. The third-order valence-corrected chi connectivity index (χ3v) is 4.23. The number of amides is 1. The van der Waals surface area contributed by atoms with Gasteiger partial charge < -0.3 is 14.2 Å². The number of nitrogens with zero attached hydrogens (tertiary/aromatic N) is 5. The van der Waals surface area contributed by atoms with Crippen LogP contribution in [0, 0.1) is 0 Å². The standard InChI is InChI=1S/C18H19N5O2/c24-18(22-10-12-25-13-11-22)16-17(21-8-4-5-9-21)23(20-19-16)14-15-6-2-1-3-7-15/h1-9H,10-14H2. The molecular weight excluding hydrogens is 318 g/mol. The highest BCUT2D eigenvalue weighted by Crippen LogP contribution is 2.17. The summed E-state index contributed by atoms with van der Waals surface area (Å²) in [6, 6.07) is 13.9. The maximum absolute atomic E-state index is 12.9.